The molecule has 0 bridgehead atoms. The molecule has 1 heterocycles. The molecule has 23 heavy (non-hydrogen) atoms. The Bertz CT molecular complexity index is 871. The fraction of sp³-hybridized carbons (Fsp3) is 0.167. The normalized spacial score (nSPS) is 10.9. The minimum absolute atomic E-state index is 0.0224. The van der Waals surface area contributed by atoms with Gasteiger partial charge in [0, 0.05) is 23.1 Å². The molecule has 2 N–H and O–H groups in total. The maximum absolute atomic E-state index is 13.6. The maximum atomic E-state index is 13.6. The Kier molecular flexibility index (Phi) is 4.10. The minimum Gasteiger partial charge on any atom is -0.358 e. The first-order chi connectivity index (χ1) is 11.1. The zero-order valence-corrected chi connectivity index (χ0v) is 12.6. The molecule has 0 saturated heterocycles. The standard InChI is InChI=1S/C18H16F2N2O/c1-11-13(15-10-12(19)6-7-17(15)22-11)8-9-21-18(23)14-4-2-3-5-16(14)20/h2-7,10,22H,8-9H2,1H3,(H,21,23). The second-order valence-electron chi connectivity index (χ2n) is 5.40. The minimum atomic E-state index is -0.546. The molecule has 0 spiro atoms. The van der Waals surface area contributed by atoms with E-state index in [0.717, 1.165) is 22.2 Å². The number of carbonyl (C=O) groups is 1. The van der Waals surface area contributed by atoms with Crippen molar-refractivity contribution < 1.29 is 13.6 Å². The number of rotatable bonds is 4. The van der Waals surface area contributed by atoms with E-state index in [-0.39, 0.29) is 11.4 Å². The van der Waals surface area contributed by atoms with Crippen LogP contribution in [0.3, 0.4) is 0 Å². The van der Waals surface area contributed by atoms with Crippen molar-refractivity contribution in [1.29, 1.82) is 0 Å². The van der Waals surface area contributed by atoms with Gasteiger partial charge < -0.3 is 10.3 Å². The zero-order valence-electron chi connectivity index (χ0n) is 12.6. The Morgan fingerprint density at radius 1 is 1.17 bits per heavy atom. The van der Waals surface area contributed by atoms with E-state index in [1.165, 1.54) is 30.3 Å². The fourth-order valence-electron chi connectivity index (χ4n) is 2.72. The monoisotopic (exact) mass is 314 g/mol. The highest BCUT2D eigenvalue weighted by Gasteiger charge is 2.12. The third-order valence-electron chi connectivity index (χ3n) is 3.86. The molecule has 0 aliphatic rings. The fourth-order valence-corrected chi connectivity index (χ4v) is 2.72. The third kappa shape index (κ3) is 3.08. The van der Waals surface area contributed by atoms with Gasteiger partial charge >= 0.3 is 0 Å². The Balaban J connectivity index is 1.72. The van der Waals surface area contributed by atoms with E-state index in [2.05, 4.69) is 10.3 Å². The number of halogens is 2. The molecule has 0 aliphatic heterocycles. The van der Waals surface area contributed by atoms with Crippen molar-refractivity contribution in [2.45, 2.75) is 13.3 Å². The van der Waals surface area contributed by atoms with E-state index >= 15 is 0 Å². The SMILES string of the molecule is Cc1[nH]c2ccc(F)cc2c1CCNC(=O)c1ccccc1F. The molecule has 3 nitrogen and oxygen atoms in total. The largest absolute Gasteiger partial charge is 0.358 e. The van der Waals surface area contributed by atoms with Crippen molar-refractivity contribution in [3.8, 4) is 0 Å². The highest BCUT2D eigenvalue weighted by molar-refractivity contribution is 5.94. The van der Waals surface area contributed by atoms with Gasteiger partial charge in [0.05, 0.1) is 5.56 Å². The van der Waals surface area contributed by atoms with Crippen LogP contribution in [0, 0.1) is 18.6 Å². The summed E-state index contributed by atoms with van der Waals surface area (Å²) in [6.45, 7) is 2.25. The highest BCUT2D eigenvalue weighted by atomic mass is 19.1. The summed E-state index contributed by atoms with van der Waals surface area (Å²) < 4.78 is 27.0. The lowest BCUT2D eigenvalue weighted by atomic mass is 10.1. The van der Waals surface area contributed by atoms with Gasteiger partial charge in [-0.15, -0.1) is 0 Å². The van der Waals surface area contributed by atoms with E-state index < -0.39 is 11.7 Å². The van der Waals surface area contributed by atoms with Gasteiger partial charge in [-0.1, -0.05) is 12.1 Å². The van der Waals surface area contributed by atoms with Gasteiger partial charge in [0.2, 0.25) is 0 Å². The van der Waals surface area contributed by atoms with Crippen LogP contribution in [0.1, 0.15) is 21.6 Å². The van der Waals surface area contributed by atoms with Crippen molar-refractivity contribution in [2.75, 3.05) is 6.54 Å². The topological polar surface area (TPSA) is 44.9 Å². The van der Waals surface area contributed by atoms with Gasteiger partial charge in [0.15, 0.2) is 0 Å². The number of carbonyl (C=O) groups excluding carboxylic acids is 1. The van der Waals surface area contributed by atoms with Crippen LogP contribution in [-0.2, 0) is 6.42 Å². The molecule has 5 heteroatoms. The zero-order chi connectivity index (χ0) is 16.4. The Labute approximate surface area is 132 Å². The quantitative estimate of drug-likeness (QED) is 0.757. The molecule has 0 aliphatic carbocycles. The molecule has 1 aromatic heterocycles. The van der Waals surface area contributed by atoms with Gasteiger partial charge in [0.1, 0.15) is 11.6 Å². The molecule has 3 aromatic rings. The number of nitrogens with one attached hydrogen (secondary N) is 2. The number of aromatic nitrogens is 1. The Hall–Kier alpha value is -2.69. The second kappa shape index (κ2) is 6.20. The van der Waals surface area contributed by atoms with Crippen LogP contribution in [-0.4, -0.2) is 17.4 Å². The Morgan fingerprint density at radius 2 is 1.96 bits per heavy atom. The number of hydrogen-bond acceptors (Lipinski definition) is 1. The number of aryl methyl sites for hydroxylation is 1. The molecular formula is C18H16F2N2O. The van der Waals surface area contributed by atoms with Crippen LogP contribution in [0.15, 0.2) is 42.5 Å². The van der Waals surface area contributed by atoms with Crippen molar-refractivity contribution in [2.24, 2.45) is 0 Å². The smallest absolute Gasteiger partial charge is 0.254 e. The lowest BCUT2D eigenvalue weighted by Crippen LogP contribution is -2.26. The first-order valence-electron chi connectivity index (χ1n) is 7.35. The van der Waals surface area contributed by atoms with Crippen molar-refractivity contribution >= 4 is 16.8 Å². The van der Waals surface area contributed by atoms with E-state index in [9.17, 15) is 13.6 Å². The predicted molar refractivity (Wildman–Crippen MR) is 85.4 cm³/mol. The summed E-state index contributed by atoms with van der Waals surface area (Å²) in [5.74, 6) is -1.30. The molecule has 0 fully saturated rings. The van der Waals surface area contributed by atoms with E-state index in [1.807, 2.05) is 6.92 Å². The summed E-state index contributed by atoms with van der Waals surface area (Å²) in [5.41, 5.74) is 2.77. The number of H-pyrrole nitrogens is 1. The van der Waals surface area contributed by atoms with Crippen molar-refractivity contribution in [3.05, 3.63) is 70.9 Å². The van der Waals surface area contributed by atoms with Crippen LogP contribution >= 0.6 is 0 Å². The number of amides is 1. The van der Waals surface area contributed by atoms with Crippen molar-refractivity contribution in [1.82, 2.24) is 10.3 Å². The summed E-state index contributed by atoms with van der Waals surface area (Å²) in [6, 6.07) is 10.4. The summed E-state index contributed by atoms with van der Waals surface area (Å²) in [7, 11) is 0. The van der Waals surface area contributed by atoms with E-state index in [1.54, 1.807) is 12.1 Å². The van der Waals surface area contributed by atoms with Gasteiger partial charge in [-0.05, 0) is 49.2 Å². The van der Waals surface area contributed by atoms with Crippen LogP contribution in [0.25, 0.3) is 10.9 Å². The molecule has 3 rings (SSSR count). The average molecular weight is 314 g/mol. The maximum Gasteiger partial charge on any atom is 0.254 e. The molecule has 0 saturated carbocycles. The highest BCUT2D eigenvalue weighted by Crippen LogP contribution is 2.23. The van der Waals surface area contributed by atoms with E-state index in [0.29, 0.717) is 13.0 Å². The number of benzene rings is 2. The first-order valence-corrected chi connectivity index (χ1v) is 7.35. The van der Waals surface area contributed by atoms with E-state index in [4.69, 9.17) is 0 Å². The molecule has 0 radical (unpaired) electrons. The third-order valence-corrected chi connectivity index (χ3v) is 3.86. The summed E-state index contributed by atoms with van der Waals surface area (Å²) in [6.07, 6.45) is 0.537. The van der Waals surface area contributed by atoms with Gasteiger partial charge in [-0.3, -0.25) is 4.79 Å². The number of hydrogen-bond donors (Lipinski definition) is 2. The van der Waals surface area contributed by atoms with Gasteiger partial charge in [0.25, 0.3) is 5.91 Å². The lowest BCUT2D eigenvalue weighted by molar-refractivity contribution is 0.0950. The molecule has 118 valence electrons. The number of fused-ring (bicyclic) bond motifs is 1. The molecular weight excluding hydrogens is 298 g/mol. The number of aromatic amines is 1. The second-order valence-corrected chi connectivity index (χ2v) is 5.40. The first kappa shape index (κ1) is 15.2. The molecule has 1 amide bonds. The average Bonchev–Trinajstić information content (AvgIpc) is 2.83. The van der Waals surface area contributed by atoms with Crippen LogP contribution < -0.4 is 5.32 Å². The molecule has 2 aromatic carbocycles. The van der Waals surface area contributed by atoms with Gasteiger partial charge in [-0.25, -0.2) is 8.78 Å². The lowest BCUT2D eigenvalue weighted by Gasteiger charge is -2.06. The molecule has 0 unspecified atom stereocenters. The summed E-state index contributed by atoms with van der Waals surface area (Å²) in [5, 5.41) is 3.51. The van der Waals surface area contributed by atoms with Crippen LogP contribution in [0.4, 0.5) is 8.78 Å². The summed E-state index contributed by atoms with van der Waals surface area (Å²) in [4.78, 5) is 15.2. The van der Waals surface area contributed by atoms with Crippen LogP contribution in [0.2, 0.25) is 0 Å². The molecule has 0 atom stereocenters. The predicted octanol–water partition coefficient (Wildman–Crippen LogP) is 3.73. The summed E-state index contributed by atoms with van der Waals surface area (Å²) >= 11 is 0. The van der Waals surface area contributed by atoms with Crippen LogP contribution in [0.5, 0.6) is 0 Å². The Morgan fingerprint density at radius 3 is 2.74 bits per heavy atom. The van der Waals surface area contributed by atoms with Gasteiger partial charge in [-0.2, -0.15) is 0 Å². The van der Waals surface area contributed by atoms with Crippen molar-refractivity contribution in [3.63, 3.8) is 0 Å².